The van der Waals surface area contributed by atoms with Gasteiger partial charge in [-0.25, -0.2) is 0 Å². The molecule has 4 nitrogen and oxygen atoms in total. The van der Waals surface area contributed by atoms with Gasteiger partial charge in [0.25, 0.3) is 0 Å². The van der Waals surface area contributed by atoms with Crippen LogP contribution in [0.3, 0.4) is 0 Å². The molecule has 1 aromatic carbocycles. The lowest BCUT2D eigenvalue weighted by Gasteiger charge is -2.41. The van der Waals surface area contributed by atoms with Crippen molar-refractivity contribution in [3.8, 4) is 11.5 Å². The second-order valence-corrected chi connectivity index (χ2v) is 6.50. The molecule has 2 heterocycles. The predicted octanol–water partition coefficient (Wildman–Crippen LogP) is 3.18. The average Bonchev–Trinajstić information content (AvgIpc) is 2.94. The molecule has 0 radical (unpaired) electrons. The number of benzene rings is 1. The maximum Gasteiger partial charge on any atom is 0.161 e. The minimum absolute atomic E-state index is 0.110. The average molecular weight is 317 g/mol. The van der Waals surface area contributed by atoms with Gasteiger partial charge in [-0.15, -0.1) is 0 Å². The first-order valence-electron chi connectivity index (χ1n) is 8.81. The van der Waals surface area contributed by atoms with Crippen LogP contribution in [0.5, 0.6) is 11.5 Å². The molecule has 0 N–H and O–H groups in total. The van der Waals surface area contributed by atoms with Gasteiger partial charge in [-0.3, -0.25) is 4.79 Å². The number of Topliss-reactive ketones (excluding diaryl/α,β-unsaturated/α-hetero) is 1. The fraction of sp³-hybridized carbons (Fsp3) is 0.632. The van der Waals surface area contributed by atoms with Crippen LogP contribution in [0.15, 0.2) is 18.2 Å². The van der Waals surface area contributed by atoms with Crippen molar-refractivity contribution < 1.29 is 14.3 Å². The van der Waals surface area contributed by atoms with E-state index in [0.717, 1.165) is 30.9 Å². The van der Waals surface area contributed by atoms with E-state index in [1.54, 1.807) is 0 Å². The van der Waals surface area contributed by atoms with Gasteiger partial charge >= 0.3 is 0 Å². The standard InChI is InChI=1S/C17H21NO3.C2H6/c1-18-7-6-17(5-4-13(19)11-16(17)18)12-2-3-14-15(10-12)21-9-8-20-14;1-2/h2-3,10,16H,4-9,11H2,1H3;1-2H3/t16-,17-;/m0./s1. The second-order valence-electron chi connectivity index (χ2n) is 6.50. The second kappa shape index (κ2) is 6.52. The van der Waals surface area contributed by atoms with Gasteiger partial charge in [0.1, 0.15) is 19.0 Å². The summed E-state index contributed by atoms with van der Waals surface area (Å²) < 4.78 is 11.4. The fourth-order valence-electron chi connectivity index (χ4n) is 4.28. The number of ketones is 1. The Labute approximate surface area is 138 Å². The van der Waals surface area contributed by atoms with E-state index >= 15 is 0 Å². The zero-order valence-corrected chi connectivity index (χ0v) is 14.4. The van der Waals surface area contributed by atoms with Crippen LogP contribution >= 0.6 is 0 Å². The van der Waals surface area contributed by atoms with Gasteiger partial charge in [0.2, 0.25) is 0 Å². The third-order valence-corrected chi connectivity index (χ3v) is 5.47. The van der Waals surface area contributed by atoms with E-state index in [-0.39, 0.29) is 5.41 Å². The first kappa shape index (κ1) is 16.3. The lowest BCUT2D eigenvalue weighted by Crippen LogP contribution is -2.46. The predicted molar refractivity (Wildman–Crippen MR) is 90.4 cm³/mol. The summed E-state index contributed by atoms with van der Waals surface area (Å²) >= 11 is 0. The normalized spacial score (nSPS) is 29.5. The highest BCUT2D eigenvalue weighted by Crippen LogP contribution is 2.49. The molecular formula is C19H27NO3. The minimum atomic E-state index is 0.110. The van der Waals surface area contributed by atoms with Crippen LogP contribution in [0.2, 0.25) is 0 Å². The lowest BCUT2D eigenvalue weighted by molar-refractivity contribution is -0.122. The van der Waals surface area contributed by atoms with E-state index in [1.807, 2.05) is 19.9 Å². The SMILES string of the molecule is CC.CN1CC[C@]2(c3ccc4c(c3)OCCO4)CCC(=O)C[C@H]12. The van der Waals surface area contributed by atoms with E-state index in [2.05, 4.69) is 24.1 Å². The van der Waals surface area contributed by atoms with Gasteiger partial charge in [0.05, 0.1) is 0 Å². The first-order valence-corrected chi connectivity index (χ1v) is 8.81. The highest BCUT2D eigenvalue weighted by Gasteiger charge is 2.50. The van der Waals surface area contributed by atoms with Crippen molar-refractivity contribution in [1.82, 2.24) is 4.90 Å². The number of carbonyl (C=O) groups is 1. The number of ether oxygens (including phenoxy) is 2. The molecule has 0 spiro atoms. The molecule has 1 saturated carbocycles. The Balaban J connectivity index is 0.000000753. The number of carbonyl (C=O) groups excluding carboxylic acids is 1. The van der Waals surface area contributed by atoms with E-state index in [1.165, 1.54) is 5.56 Å². The van der Waals surface area contributed by atoms with E-state index in [0.29, 0.717) is 37.9 Å². The van der Waals surface area contributed by atoms with Gasteiger partial charge in [0.15, 0.2) is 11.5 Å². The molecule has 0 bridgehead atoms. The number of hydrogen-bond donors (Lipinski definition) is 0. The maximum atomic E-state index is 11.9. The van der Waals surface area contributed by atoms with Gasteiger partial charge in [-0.1, -0.05) is 19.9 Å². The zero-order chi connectivity index (χ0) is 16.4. The van der Waals surface area contributed by atoms with Crippen LogP contribution in [0, 0.1) is 0 Å². The summed E-state index contributed by atoms with van der Waals surface area (Å²) in [5.74, 6) is 2.11. The van der Waals surface area contributed by atoms with Crippen LogP contribution in [-0.4, -0.2) is 43.5 Å². The molecule has 1 aliphatic carbocycles. The molecular weight excluding hydrogens is 290 g/mol. The molecule has 2 fully saturated rings. The van der Waals surface area contributed by atoms with Crippen molar-refractivity contribution in [3.63, 3.8) is 0 Å². The van der Waals surface area contributed by atoms with E-state index in [9.17, 15) is 4.79 Å². The fourth-order valence-corrected chi connectivity index (χ4v) is 4.28. The third-order valence-electron chi connectivity index (χ3n) is 5.47. The molecule has 1 saturated heterocycles. The summed E-state index contributed by atoms with van der Waals surface area (Å²) in [6.45, 7) is 6.30. The Morgan fingerprint density at radius 1 is 1.13 bits per heavy atom. The van der Waals surface area contributed by atoms with Crippen molar-refractivity contribution in [2.24, 2.45) is 0 Å². The molecule has 0 amide bonds. The van der Waals surface area contributed by atoms with Gasteiger partial charge in [-0.05, 0) is 44.1 Å². The Kier molecular flexibility index (Phi) is 4.62. The molecule has 23 heavy (non-hydrogen) atoms. The van der Waals surface area contributed by atoms with Crippen molar-refractivity contribution in [3.05, 3.63) is 23.8 Å². The summed E-state index contributed by atoms with van der Waals surface area (Å²) in [6, 6.07) is 6.69. The number of rotatable bonds is 1. The number of likely N-dealkylation sites (tertiary alicyclic amines) is 1. The third kappa shape index (κ3) is 2.74. The number of hydrogen-bond acceptors (Lipinski definition) is 4. The molecule has 126 valence electrons. The van der Waals surface area contributed by atoms with Crippen LogP contribution in [0.25, 0.3) is 0 Å². The summed E-state index contributed by atoms with van der Waals surface area (Å²) in [5, 5.41) is 0. The summed E-state index contributed by atoms with van der Waals surface area (Å²) in [4.78, 5) is 14.2. The summed E-state index contributed by atoms with van der Waals surface area (Å²) in [7, 11) is 2.14. The first-order chi connectivity index (χ1) is 11.2. The van der Waals surface area contributed by atoms with Crippen molar-refractivity contribution in [2.75, 3.05) is 26.8 Å². The minimum Gasteiger partial charge on any atom is -0.486 e. The smallest absolute Gasteiger partial charge is 0.161 e. The highest BCUT2D eigenvalue weighted by atomic mass is 16.6. The largest absolute Gasteiger partial charge is 0.486 e. The van der Waals surface area contributed by atoms with Crippen molar-refractivity contribution in [1.29, 1.82) is 0 Å². The molecule has 2 aliphatic heterocycles. The quantitative estimate of drug-likeness (QED) is 0.797. The van der Waals surface area contributed by atoms with Crippen LogP contribution in [0.1, 0.15) is 45.1 Å². The number of nitrogens with zero attached hydrogens (tertiary/aromatic N) is 1. The molecule has 2 atom stereocenters. The van der Waals surface area contributed by atoms with Gasteiger partial charge in [0, 0.05) is 24.3 Å². The lowest BCUT2D eigenvalue weighted by atomic mass is 9.66. The topological polar surface area (TPSA) is 38.8 Å². The summed E-state index contributed by atoms with van der Waals surface area (Å²) in [6.07, 6.45) is 3.48. The van der Waals surface area contributed by atoms with Crippen LogP contribution in [-0.2, 0) is 10.2 Å². The maximum absolute atomic E-state index is 11.9. The number of likely N-dealkylation sites (N-methyl/N-ethyl adjacent to an activating group) is 1. The summed E-state index contributed by atoms with van der Waals surface area (Å²) in [5.41, 5.74) is 1.42. The zero-order valence-electron chi connectivity index (χ0n) is 14.4. The monoisotopic (exact) mass is 317 g/mol. The molecule has 0 aromatic heterocycles. The molecule has 4 heteroatoms. The van der Waals surface area contributed by atoms with Crippen molar-refractivity contribution >= 4 is 5.78 Å². The van der Waals surface area contributed by atoms with Gasteiger partial charge in [-0.2, -0.15) is 0 Å². The molecule has 1 aromatic rings. The molecule has 3 aliphatic rings. The molecule has 4 rings (SSSR count). The van der Waals surface area contributed by atoms with E-state index in [4.69, 9.17) is 9.47 Å². The van der Waals surface area contributed by atoms with Crippen LogP contribution < -0.4 is 9.47 Å². The Morgan fingerprint density at radius 3 is 2.65 bits per heavy atom. The molecule has 0 unspecified atom stereocenters. The van der Waals surface area contributed by atoms with Crippen molar-refractivity contribution in [2.45, 2.75) is 51.0 Å². The highest BCUT2D eigenvalue weighted by molar-refractivity contribution is 5.81. The van der Waals surface area contributed by atoms with Gasteiger partial charge < -0.3 is 14.4 Å². The Morgan fingerprint density at radius 2 is 1.87 bits per heavy atom. The Bertz CT molecular complexity index is 586. The Hall–Kier alpha value is -1.55. The number of fused-ring (bicyclic) bond motifs is 2. The van der Waals surface area contributed by atoms with E-state index < -0.39 is 0 Å². The van der Waals surface area contributed by atoms with Crippen LogP contribution in [0.4, 0.5) is 0 Å².